The summed E-state index contributed by atoms with van der Waals surface area (Å²) in [5.74, 6) is -1.27. The molecule has 5 rings (SSSR count). The molecule has 3 nitrogen and oxygen atoms in total. The van der Waals surface area contributed by atoms with Crippen LogP contribution in [0.1, 0.15) is 44.9 Å². The van der Waals surface area contributed by atoms with E-state index in [1.807, 2.05) is 0 Å². The summed E-state index contributed by atoms with van der Waals surface area (Å²) in [7, 11) is 0. The maximum atomic E-state index is 13.3. The molecule has 1 aromatic rings. The molecule has 0 atom stereocenters. The second kappa shape index (κ2) is 4.40. The Kier molecular flexibility index (Phi) is 3.01. The van der Waals surface area contributed by atoms with Gasteiger partial charge in [-0.3, -0.25) is 4.90 Å². The Balaban J connectivity index is 1.46. The average molecular weight is 407 g/mol. The minimum atomic E-state index is -2.44. The van der Waals surface area contributed by atoms with Gasteiger partial charge in [-0.25, -0.2) is 13.8 Å². The smallest absolute Gasteiger partial charge is 0.250 e. The Morgan fingerprint density at radius 2 is 1.81 bits per heavy atom. The summed E-state index contributed by atoms with van der Waals surface area (Å²) in [5.41, 5.74) is 0.457. The highest BCUT2D eigenvalue weighted by Crippen LogP contribution is 2.68. The van der Waals surface area contributed by atoms with Crippen LogP contribution in [0.25, 0.3) is 0 Å². The Morgan fingerprint density at radius 3 is 2.38 bits per heavy atom. The molecular formula is C15H20F2IN3. The molecule has 1 aromatic heterocycles. The van der Waals surface area contributed by atoms with E-state index in [0.717, 1.165) is 35.2 Å². The first kappa shape index (κ1) is 14.4. The number of rotatable bonds is 3. The van der Waals surface area contributed by atoms with Crippen molar-refractivity contribution in [1.82, 2.24) is 14.5 Å². The second-order valence-electron chi connectivity index (χ2n) is 7.03. The topological polar surface area (TPSA) is 21.1 Å². The monoisotopic (exact) mass is 407 g/mol. The van der Waals surface area contributed by atoms with Crippen LogP contribution in [0.15, 0.2) is 6.20 Å². The predicted molar refractivity (Wildman–Crippen MR) is 84.6 cm³/mol. The van der Waals surface area contributed by atoms with Crippen LogP contribution in [0, 0.1) is 3.70 Å². The molecule has 0 unspecified atom stereocenters. The lowest BCUT2D eigenvalue weighted by Gasteiger charge is -2.74. The maximum Gasteiger partial charge on any atom is 0.250 e. The fourth-order valence-electron chi connectivity index (χ4n) is 4.63. The normalized spacial score (nSPS) is 37.9. The number of alkyl halides is 2. The number of aryl methyl sites for hydroxylation is 1. The number of aromatic nitrogens is 2. The molecule has 2 heterocycles. The SMILES string of the molecule is CCc1nc(I)cn1C12CC(N3CCC(F)(F)CC3)(C1)C2. The number of hydrogen-bond acceptors (Lipinski definition) is 2. The van der Waals surface area contributed by atoms with Gasteiger partial charge in [-0.2, -0.15) is 0 Å². The highest BCUT2D eigenvalue weighted by Gasteiger charge is 2.71. The lowest BCUT2D eigenvalue weighted by Crippen LogP contribution is -2.79. The van der Waals surface area contributed by atoms with Crippen molar-refractivity contribution in [2.24, 2.45) is 0 Å². The van der Waals surface area contributed by atoms with Crippen molar-refractivity contribution in [3.8, 4) is 0 Å². The zero-order valence-electron chi connectivity index (χ0n) is 12.2. The molecule has 3 aliphatic carbocycles. The van der Waals surface area contributed by atoms with E-state index in [9.17, 15) is 8.78 Å². The van der Waals surface area contributed by atoms with Gasteiger partial charge < -0.3 is 4.57 Å². The molecule has 0 spiro atoms. The van der Waals surface area contributed by atoms with Crippen LogP contribution in [0.4, 0.5) is 8.78 Å². The summed E-state index contributed by atoms with van der Waals surface area (Å²) in [5, 5.41) is 0. The van der Waals surface area contributed by atoms with Gasteiger partial charge in [0.05, 0.1) is 5.54 Å². The van der Waals surface area contributed by atoms with Gasteiger partial charge in [-0.1, -0.05) is 6.92 Å². The number of likely N-dealkylation sites (tertiary alicyclic amines) is 1. The van der Waals surface area contributed by atoms with Gasteiger partial charge in [-0.05, 0) is 41.9 Å². The fourth-order valence-corrected chi connectivity index (χ4v) is 5.19. The lowest BCUT2D eigenvalue weighted by atomic mass is 9.43. The Hall–Kier alpha value is -0.240. The molecule has 1 saturated heterocycles. The Morgan fingerprint density at radius 1 is 1.19 bits per heavy atom. The van der Waals surface area contributed by atoms with Crippen molar-refractivity contribution in [3.05, 3.63) is 15.7 Å². The highest BCUT2D eigenvalue weighted by molar-refractivity contribution is 14.1. The van der Waals surface area contributed by atoms with Gasteiger partial charge in [-0.15, -0.1) is 0 Å². The molecule has 0 N–H and O–H groups in total. The number of hydrogen-bond donors (Lipinski definition) is 0. The molecule has 2 bridgehead atoms. The second-order valence-corrected chi connectivity index (χ2v) is 8.13. The van der Waals surface area contributed by atoms with Crippen LogP contribution >= 0.6 is 22.6 Å². The number of piperidine rings is 1. The Bertz CT molecular complexity index is 554. The van der Waals surface area contributed by atoms with E-state index < -0.39 is 5.92 Å². The van der Waals surface area contributed by atoms with Gasteiger partial charge in [0, 0.05) is 44.1 Å². The molecule has 1 aliphatic heterocycles. The van der Waals surface area contributed by atoms with Crippen molar-refractivity contribution in [2.45, 2.75) is 62.4 Å². The van der Waals surface area contributed by atoms with Crippen LogP contribution < -0.4 is 0 Å². The number of halogens is 3. The van der Waals surface area contributed by atoms with Gasteiger partial charge in [0.2, 0.25) is 0 Å². The van der Waals surface area contributed by atoms with Crippen LogP contribution in [0.2, 0.25) is 0 Å². The first-order valence-corrected chi connectivity index (χ1v) is 8.83. The Labute approximate surface area is 137 Å². The third-order valence-corrected chi connectivity index (χ3v) is 6.24. The lowest BCUT2D eigenvalue weighted by molar-refractivity contribution is -0.223. The van der Waals surface area contributed by atoms with Gasteiger partial charge in [0.25, 0.3) is 5.92 Å². The summed E-state index contributed by atoms with van der Waals surface area (Å²) in [6, 6.07) is 0. The van der Waals surface area contributed by atoms with Crippen LogP contribution in [0.3, 0.4) is 0 Å². The van der Waals surface area contributed by atoms with Crippen molar-refractivity contribution in [2.75, 3.05) is 13.1 Å². The highest BCUT2D eigenvalue weighted by atomic mass is 127. The molecular weight excluding hydrogens is 387 g/mol. The van der Waals surface area contributed by atoms with Gasteiger partial charge in [0.15, 0.2) is 0 Å². The fraction of sp³-hybridized carbons (Fsp3) is 0.800. The average Bonchev–Trinajstić information content (AvgIpc) is 2.69. The first-order chi connectivity index (χ1) is 9.88. The summed E-state index contributed by atoms with van der Waals surface area (Å²) >= 11 is 2.27. The minimum absolute atomic E-state index is 0.0327. The molecule has 4 fully saturated rings. The number of nitrogens with zero attached hydrogens (tertiary/aromatic N) is 3. The standard InChI is InChI=1S/C15H20F2IN3/c1-2-12-19-11(18)7-21(12)14-8-13(9-14,10-14)20-5-3-15(16,17)4-6-20/h7H,2-6,8-10H2,1H3. The summed E-state index contributed by atoms with van der Waals surface area (Å²) in [6.07, 6.45) is 6.53. The first-order valence-electron chi connectivity index (χ1n) is 7.75. The summed E-state index contributed by atoms with van der Waals surface area (Å²) in [4.78, 5) is 6.93. The molecule has 0 amide bonds. The van der Waals surface area contributed by atoms with Crippen molar-refractivity contribution < 1.29 is 8.78 Å². The van der Waals surface area contributed by atoms with E-state index in [2.05, 4.69) is 50.2 Å². The third kappa shape index (κ3) is 2.00. The minimum Gasteiger partial charge on any atom is -0.327 e. The number of imidazole rings is 1. The van der Waals surface area contributed by atoms with Crippen LogP contribution in [-0.4, -0.2) is 39.0 Å². The van der Waals surface area contributed by atoms with Crippen molar-refractivity contribution in [1.29, 1.82) is 0 Å². The summed E-state index contributed by atoms with van der Waals surface area (Å²) in [6.45, 7) is 3.26. The van der Waals surface area contributed by atoms with E-state index in [0.29, 0.717) is 13.1 Å². The molecule has 0 aromatic carbocycles. The van der Waals surface area contributed by atoms with Gasteiger partial charge >= 0.3 is 0 Å². The van der Waals surface area contributed by atoms with Crippen LogP contribution in [0.5, 0.6) is 0 Å². The molecule has 3 saturated carbocycles. The van der Waals surface area contributed by atoms with E-state index in [1.54, 1.807) is 0 Å². The van der Waals surface area contributed by atoms with Crippen LogP contribution in [-0.2, 0) is 12.0 Å². The van der Waals surface area contributed by atoms with E-state index in [4.69, 9.17) is 0 Å². The van der Waals surface area contributed by atoms with Crippen molar-refractivity contribution in [3.63, 3.8) is 0 Å². The van der Waals surface area contributed by atoms with E-state index in [-0.39, 0.29) is 23.9 Å². The molecule has 6 heteroatoms. The van der Waals surface area contributed by atoms with E-state index in [1.165, 1.54) is 0 Å². The molecule has 4 aliphatic rings. The molecule has 116 valence electrons. The third-order valence-electron chi connectivity index (χ3n) is 5.72. The zero-order valence-corrected chi connectivity index (χ0v) is 14.4. The zero-order chi connectivity index (χ0) is 14.9. The molecule has 0 radical (unpaired) electrons. The van der Waals surface area contributed by atoms with E-state index >= 15 is 0 Å². The van der Waals surface area contributed by atoms with Gasteiger partial charge in [0.1, 0.15) is 9.53 Å². The predicted octanol–water partition coefficient (Wildman–Crippen LogP) is 3.41. The largest absolute Gasteiger partial charge is 0.327 e. The maximum absolute atomic E-state index is 13.3. The summed E-state index contributed by atoms with van der Waals surface area (Å²) < 4.78 is 30.0. The molecule has 21 heavy (non-hydrogen) atoms. The van der Waals surface area contributed by atoms with Crippen molar-refractivity contribution >= 4 is 22.6 Å². The quantitative estimate of drug-likeness (QED) is 0.717.